The van der Waals surface area contributed by atoms with Gasteiger partial charge in [-0.05, 0) is 30.2 Å². The minimum absolute atomic E-state index is 0.0289. The van der Waals surface area contributed by atoms with Gasteiger partial charge in [-0.1, -0.05) is 11.2 Å². The second-order valence-corrected chi connectivity index (χ2v) is 9.90. The molecular formula is C22H27B3N8O5. The summed E-state index contributed by atoms with van der Waals surface area (Å²) in [6.45, 7) is 1.51. The van der Waals surface area contributed by atoms with E-state index in [9.17, 15) is 14.4 Å². The third kappa shape index (κ3) is 6.69. The van der Waals surface area contributed by atoms with Crippen LogP contribution in [0, 0.1) is 5.92 Å². The van der Waals surface area contributed by atoms with Crippen LogP contribution in [0.15, 0.2) is 28.8 Å². The van der Waals surface area contributed by atoms with Crippen molar-refractivity contribution < 1.29 is 23.6 Å². The van der Waals surface area contributed by atoms with Gasteiger partial charge in [0, 0.05) is 18.9 Å². The fraction of sp³-hybridized carbons (Fsp3) is 0.318. The van der Waals surface area contributed by atoms with Crippen molar-refractivity contribution in [2.24, 2.45) is 5.92 Å². The number of methoxy groups -OCH3 is 1. The number of benzene rings is 1. The van der Waals surface area contributed by atoms with Crippen LogP contribution in [0.3, 0.4) is 0 Å². The van der Waals surface area contributed by atoms with Gasteiger partial charge in [0.05, 0.1) is 30.6 Å². The Balaban J connectivity index is 1.68. The van der Waals surface area contributed by atoms with Crippen LogP contribution in [0.1, 0.15) is 36.1 Å². The maximum atomic E-state index is 13.0. The lowest BCUT2D eigenvalue weighted by molar-refractivity contribution is -0.119. The number of ether oxygens (including phenoxy) is 1. The van der Waals surface area contributed by atoms with Crippen molar-refractivity contribution in [2.45, 2.75) is 31.5 Å². The van der Waals surface area contributed by atoms with Gasteiger partial charge in [0.1, 0.15) is 23.5 Å². The highest BCUT2D eigenvalue weighted by atomic mass is 16.5. The Bertz CT molecular complexity index is 1370. The number of para-hydroxylation sites is 1. The van der Waals surface area contributed by atoms with Gasteiger partial charge in [-0.25, -0.2) is 0 Å². The molecule has 13 nitrogen and oxygen atoms in total. The average molecular weight is 516 g/mol. The number of hydrogen-bond donors (Lipinski definition) is 4. The fourth-order valence-corrected chi connectivity index (χ4v) is 3.50. The predicted octanol–water partition coefficient (Wildman–Crippen LogP) is -1.50. The maximum Gasteiger partial charge on any atom is 0.272 e. The second-order valence-electron chi connectivity index (χ2n) is 9.90. The van der Waals surface area contributed by atoms with E-state index < -0.39 is 11.1 Å². The van der Waals surface area contributed by atoms with Gasteiger partial charge in [-0.3, -0.25) is 14.4 Å². The Morgan fingerprint density at radius 2 is 1.92 bits per heavy atom. The van der Waals surface area contributed by atoms with Crippen LogP contribution in [0.5, 0.6) is 5.75 Å². The summed E-state index contributed by atoms with van der Waals surface area (Å²) in [5.74, 6) is 0.235. The SMILES string of the molecule is BC(B)(B)NC(=O)c1nnc(NC(=O)C2CC2)cc1Nc1cccc(-c2nc(CNC(C)=O)no2)c1OC. The number of anilines is 3. The fourth-order valence-electron chi connectivity index (χ4n) is 3.50. The molecule has 0 bridgehead atoms. The number of aromatic nitrogens is 4. The molecule has 0 spiro atoms. The Hall–Kier alpha value is -4.36. The second kappa shape index (κ2) is 10.9. The maximum absolute atomic E-state index is 13.0. The number of nitrogens with zero attached hydrogens (tertiary/aromatic N) is 4. The highest BCUT2D eigenvalue weighted by molar-refractivity contribution is 6.60. The van der Waals surface area contributed by atoms with Gasteiger partial charge in [-0.15, -0.1) is 10.2 Å². The van der Waals surface area contributed by atoms with Gasteiger partial charge in [-0.2, -0.15) is 4.98 Å². The van der Waals surface area contributed by atoms with E-state index in [2.05, 4.69) is 41.6 Å². The lowest BCUT2D eigenvalue weighted by Gasteiger charge is -2.21. The molecule has 1 saturated carbocycles. The third-order valence-electron chi connectivity index (χ3n) is 5.38. The number of nitrogens with one attached hydrogen (secondary N) is 4. The van der Waals surface area contributed by atoms with Gasteiger partial charge in [0.25, 0.3) is 11.8 Å². The number of rotatable bonds is 10. The molecule has 0 atom stereocenters. The minimum atomic E-state index is -0.514. The first-order chi connectivity index (χ1) is 18.0. The number of carbonyl (C=O) groups is 3. The molecule has 1 aliphatic carbocycles. The molecule has 3 amide bonds. The van der Waals surface area contributed by atoms with Crippen molar-refractivity contribution >= 4 is 58.5 Å². The zero-order chi connectivity index (χ0) is 27.4. The van der Waals surface area contributed by atoms with E-state index in [0.717, 1.165) is 12.8 Å². The smallest absolute Gasteiger partial charge is 0.272 e. The van der Waals surface area contributed by atoms with E-state index in [-0.39, 0.29) is 41.7 Å². The van der Waals surface area contributed by atoms with Crippen LogP contribution < -0.4 is 26.0 Å². The highest BCUT2D eigenvalue weighted by Crippen LogP contribution is 2.38. The molecule has 4 N–H and O–H groups in total. The molecule has 1 aliphatic rings. The molecule has 2 aromatic heterocycles. The van der Waals surface area contributed by atoms with E-state index in [4.69, 9.17) is 9.26 Å². The Labute approximate surface area is 221 Å². The summed E-state index contributed by atoms with van der Waals surface area (Å²) < 4.78 is 11.0. The van der Waals surface area contributed by atoms with E-state index in [0.29, 0.717) is 28.5 Å². The summed E-state index contributed by atoms with van der Waals surface area (Å²) >= 11 is 0. The van der Waals surface area contributed by atoms with Crippen LogP contribution in [-0.2, 0) is 16.1 Å². The summed E-state index contributed by atoms with van der Waals surface area (Å²) in [7, 11) is 7.05. The molecule has 16 heteroatoms. The zero-order valence-electron chi connectivity index (χ0n) is 21.8. The molecule has 194 valence electrons. The molecule has 4 rings (SSSR count). The minimum Gasteiger partial charge on any atom is -0.494 e. The molecule has 0 aliphatic heterocycles. The standard InChI is InChI=1S/C22H27B3N8O5/c1-10(34)26-9-16-29-21(38-33-16)12-4-3-5-13(18(12)37-2)27-14-8-15(28-19(35)11-6-7-11)31-32-17(14)20(36)30-22(23,24)25/h3-5,8,11H,6-7,9,23-25H2,1-2H3,(H,26,34)(H,30,36)(H2,27,28,31,35). The third-order valence-corrected chi connectivity index (χ3v) is 5.38. The van der Waals surface area contributed by atoms with Crippen molar-refractivity contribution in [2.75, 3.05) is 17.7 Å². The van der Waals surface area contributed by atoms with Gasteiger partial charge in [0.15, 0.2) is 23.1 Å². The largest absolute Gasteiger partial charge is 0.494 e. The lowest BCUT2D eigenvalue weighted by atomic mass is 9.49. The zero-order valence-corrected chi connectivity index (χ0v) is 21.8. The first kappa shape index (κ1) is 26.7. The van der Waals surface area contributed by atoms with E-state index >= 15 is 0 Å². The Kier molecular flexibility index (Phi) is 7.69. The summed E-state index contributed by atoms with van der Waals surface area (Å²) in [5, 5.41) is 23.0. The van der Waals surface area contributed by atoms with Crippen molar-refractivity contribution in [3.63, 3.8) is 0 Å². The Morgan fingerprint density at radius 1 is 1.16 bits per heavy atom. The summed E-state index contributed by atoms with van der Waals surface area (Å²) in [6.07, 6.45) is 1.67. The van der Waals surface area contributed by atoms with Crippen LogP contribution >= 0.6 is 0 Å². The number of hydrogen-bond acceptors (Lipinski definition) is 10. The molecule has 0 unspecified atom stereocenters. The van der Waals surface area contributed by atoms with Crippen LogP contribution in [0.25, 0.3) is 11.5 Å². The first-order valence-corrected chi connectivity index (χ1v) is 12.1. The molecule has 0 radical (unpaired) electrons. The van der Waals surface area contributed by atoms with Crippen molar-refractivity contribution in [1.82, 2.24) is 31.0 Å². The monoisotopic (exact) mass is 516 g/mol. The molecule has 2 heterocycles. The van der Waals surface area contributed by atoms with E-state index in [1.807, 2.05) is 23.5 Å². The Morgan fingerprint density at radius 3 is 2.58 bits per heavy atom. The van der Waals surface area contributed by atoms with E-state index in [1.54, 1.807) is 24.3 Å². The number of amides is 3. The molecular weight excluding hydrogens is 489 g/mol. The average Bonchev–Trinajstić information content (AvgIpc) is 3.59. The summed E-state index contributed by atoms with van der Waals surface area (Å²) in [5.41, 5.74) is 1.31. The van der Waals surface area contributed by atoms with Crippen LogP contribution in [0.4, 0.5) is 17.2 Å². The highest BCUT2D eigenvalue weighted by Gasteiger charge is 2.30. The molecule has 38 heavy (non-hydrogen) atoms. The molecule has 1 aromatic carbocycles. The lowest BCUT2D eigenvalue weighted by Crippen LogP contribution is -2.50. The molecule has 3 aromatic rings. The molecule has 0 saturated heterocycles. The van der Waals surface area contributed by atoms with Crippen molar-refractivity contribution in [1.29, 1.82) is 0 Å². The first-order valence-electron chi connectivity index (χ1n) is 12.1. The van der Waals surface area contributed by atoms with Crippen LogP contribution in [-0.4, -0.2) is 73.9 Å². The van der Waals surface area contributed by atoms with Gasteiger partial charge in [0.2, 0.25) is 11.8 Å². The van der Waals surface area contributed by atoms with E-state index in [1.165, 1.54) is 14.0 Å². The quantitative estimate of drug-likeness (QED) is 0.233. The summed E-state index contributed by atoms with van der Waals surface area (Å²) in [4.78, 5) is 40.9. The molecule has 1 fully saturated rings. The topological polar surface area (TPSA) is 173 Å². The summed E-state index contributed by atoms with van der Waals surface area (Å²) in [6, 6.07) is 6.77. The van der Waals surface area contributed by atoms with Crippen molar-refractivity contribution in [3.8, 4) is 17.2 Å². The predicted molar refractivity (Wildman–Crippen MR) is 146 cm³/mol. The number of carbonyl (C=O) groups excluding carboxylic acids is 3. The van der Waals surface area contributed by atoms with Crippen molar-refractivity contribution in [3.05, 3.63) is 35.8 Å². The van der Waals surface area contributed by atoms with Gasteiger partial charge >= 0.3 is 0 Å². The van der Waals surface area contributed by atoms with Gasteiger partial charge < -0.3 is 30.5 Å². The van der Waals surface area contributed by atoms with Crippen LogP contribution in [0.2, 0.25) is 0 Å². The normalized spacial score (nSPS) is 12.9.